The van der Waals surface area contributed by atoms with Crippen LogP contribution < -0.4 is 5.32 Å². The predicted octanol–water partition coefficient (Wildman–Crippen LogP) is 1.99. The molecule has 1 aliphatic rings. The van der Waals surface area contributed by atoms with E-state index in [1.165, 1.54) is 28.6 Å². The Kier molecular flexibility index (Phi) is 7.00. The summed E-state index contributed by atoms with van der Waals surface area (Å²) in [7, 11) is -3.52. The fraction of sp³-hybridized carbons (Fsp3) is 0.333. The minimum absolute atomic E-state index is 0.148. The van der Waals surface area contributed by atoms with Gasteiger partial charge in [-0.2, -0.15) is 4.31 Å². The molecule has 0 bridgehead atoms. The number of benzene rings is 2. The van der Waals surface area contributed by atoms with Gasteiger partial charge < -0.3 is 10.1 Å². The second-order valence-electron chi connectivity index (χ2n) is 6.80. The van der Waals surface area contributed by atoms with Crippen molar-refractivity contribution < 1.29 is 22.7 Å². The first-order valence-electron chi connectivity index (χ1n) is 9.55. The molecule has 0 atom stereocenters. The zero-order chi connectivity index (χ0) is 20.7. The fourth-order valence-electron chi connectivity index (χ4n) is 3.10. The van der Waals surface area contributed by atoms with Crippen molar-refractivity contribution in [3.05, 3.63) is 65.7 Å². The lowest BCUT2D eigenvalue weighted by Gasteiger charge is -2.15. The zero-order valence-electron chi connectivity index (χ0n) is 16.0. The monoisotopic (exact) mass is 416 g/mol. The van der Waals surface area contributed by atoms with Gasteiger partial charge in [0.1, 0.15) is 0 Å². The molecule has 2 aromatic carbocycles. The van der Waals surface area contributed by atoms with Crippen molar-refractivity contribution in [3.8, 4) is 0 Å². The van der Waals surface area contributed by atoms with Crippen LogP contribution in [0.5, 0.6) is 0 Å². The van der Waals surface area contributed by atoms with Gasteiger partial charge in [-0.1, -0.05) is 30.3 Å². The van der Waals surface area contributed by atoms with E-state index >= 15 is 0 Å². The van der Waals surface area contributed by atoms with E-state index in [1.807, 2.05) is 30.3 Å². The summed E-state index contributed by atoms with van der Waals surface area (Å²) in [6.45, 7) is 1.10. The van der Waals surface area contributed by atoms with Crippen LogP contribution in [0, 0.1) is 0 Å². The van der Waals surface area contributed by atoms with E-state index in [1.54, 1.807) is 0 Å². The number of carbonyl (C=O) groups excluding carboxylic acids is 2. The van der Waals surface area contributed by atoms with Crippen LogP contribution in [-0.4, -0.2) is 50.8 Å². The maximum Gasteiger partial charge on any atom is 0.338 e. The molecular weight excluding hydrogens is 392 g/mol. The Labute approximate surface area is 170 Å². The zero-order valence-corrected chi connectivity index (χ0v) is 16.9. The van der Waals surface area contributed by atoms with Crippen molar-refractivity contribution in [2.45, 2.75) is 24.2 Å². The molecule has 1 N–H and O–H groups in total. The predicted molar refractivity (Wildman–Crippen MR) is 108 cm³/mol. The summed E-state index contributed by atoms with van der Waals surface area (Å²) in [5.74, 6) is -1.06. The summed E-state index contributed by atoms with van der Waals surface area (Å²) in [5, 5.41) is 2.70. The smallest absolute Gasteiger partial charge is 0.338 e. The van der Waals surface area contributed by atoms with Gasteiger partial charge in [-0.3, -0.25) is 4.79 Å². The summed E-state index contributed by atoms with van der Waals surface area (Å²) in [6.07, 6.45) is 2.40. The van der Waals surface area contributed by atoms with Crippen molar-refractivity contribution in [1.82, 2.24) is 9.62 Å². The topological polar surface area (TPSA) is 92.8 Å². The first-order valence-corrected chi connectivity index (χ1v) is 11.0. The van der Waals surface area contributed by atoms with Crippen molar-refractivity contribution in [1.29, 1.82) is 0 Å². The molecule has 1 aliphatic heterocycles. The lowest BCUT2D eigenvalue weighted by atomic mass is 10.1. The third-order valence-corrected chi connectivity index (χ3v) is 6.62. The number of nitrogens with one attached hydrogen (secondary N) is 1. The average molecular weight is 416 g/mol. The molecule has 154 valence electrons. The van der Waals surface area contributed by atoms with Gasteiger partial charge in [-0.15, -0.1) is 0 Å². The SMILES string of the molecule is O=C(COC(=O)c1ccc(S(=O)(=O)N2CCCC2)cc1)NCCc1ccccc1. The summed E-state index contributed by atoms with van der Waals surface area (Å²) in [5.41, 5.74) is 1.30. The quantitative estimate of drug-likeness (QED) is 0.665. The molecule has 1 amide bonds. The molecule has 0 radical (unpaired) electrons. The van der Waals surface area contributed by atoms with Crippen molar-refractivity contribution in [2.24, 2.45) is 0 Å². The van der Waals surface area contributed by atoms with Crippen LogP contribution in [0.25, 0.3) is 0 Å². The van der Waals surface area contributed by atoms with Crippen LogP contribution in [0.2, 0.25) is 0 Å². The van der Waals surface area contributed by atoms with E-state index in [4.69, 9.17) is 4.74 Å². The number of carbonyl (C=O) groups is 2. The van der Waals surface area contributed by atoms with Gasteiger partial charge in [0.05, 0.1) is 10.5 Å². The van der Waals surface area contributed by atoms with Crippen LogP contribution in [0.4, 0.5) is 0 Å². The highest BCUT2D eigenvalue weighted by atomic mass is 32.2. The molecule has 8 heteroatoms. The molecule has 0 saturated carbocycles. The first kappa shape index (κ1) is 21.0. The normalized spacial score (nSPS) is 14.5. The molecule has 0 aromatic heterocycles. The maximum atomic E-state index is 12.5. The maximum absolute atomic E-state index is 12.5. The molecule has 1 fully saturated rings. The van der Waals surface area contributed by atoms with Crippen LogP contribution in [0.1, 0.15) is 28.8 Å². The van der Waals surface area contributed by atoms with Crippen LogP contribution in [0.3, 0.4) is 0 Å². The van der Waals surface area contributed by atoms with Gasteiger partial charge >= 0.3 is 5.97 Å². The molecule has 29 heavy (non-hydrogen) atoms. The second-order valence-corrected chi connectivity index (χ2v) is 8.74. The number of sulfonamides is 1. The van der Waals surface area contributed by atoms with Gasteiger partial charge in [0, 0.05) is 19.6 Å². The highest BCUT2D eigenvalue weighted by Crippen LogP contribution is 2.21. The highest BCUT2D eigenvalue weighted by molar-refractivity contribution is 7.89. The number of hydrogen-bond donors (Lipinski definition) is 1. The van der Waals surface area contributed by atoms with Gasteiger partial charge in [-0.05, 0) is 49.1 Å². The van der Waals surface area contributed by atoms with Crippen molar-refractivity contribution >= 4 is 21.9 Å². The van der Waals surface area contributed by atoms with Gasteiger partial charge in [0.15, 0.2) is 6.61 Å². The average Bonchev–Trinajstić information content (AvgIpc) is 3.29. The number of rotatable bonds is 8. The lowest BCUT2D eigenvalue weighted by molar-refractivity contribution is -0.124. The largest absolute Gasteiger partial charge is 0.452 e. The lowest BCUT2D eigenvalue weighted by Crippen LogP contribution is -2.30. The number of esters is 1. The minimum Gasteiger partial charge on any atom is -0.452 e. The molecule has 2 aromatic rings. The van der Waals surface area contributed by atoms with E-state index in [0.717, 1.165) is 18.4 Å². The van der Waals surface area contributed by atoms with E-state index in [9.17, 15) is 18.0 Å². The molecule has 7 nitrogen and oxygen atoms in total. The number of amides is 1. The Morgan fingerprint density at radius 1 is 0.966 bits per heavy atom. The second kappa shape index (κ2) is 9.67. The number of hydrogen-bond acceptors (Lipinski definition) is 5. The van der Waals surface area contributed by atoms with Crippen LogP contribution >= 0.6 is 0 Å². The van der Waals surface area contributed by atoms with Gasteiger partial charge in [0.2, 0.25) is 10.0 Å². The molecule has 0 unspecified atom stereocenters. The molecule has 0 aliphatic carbocycles. The van der Waals surface area contributed by atoms with Crippen LogP contribution in [0.15, 0.2) is 59.5 Å². The van der Waals surface area contributed by atoms with E-state index in [0.29, 0.717) is 26.1 Å². The van der Waals surface area contributed by atoms with Crippen molar-refractivity contribution in [3.63, 3.8) is 0 Å². The van der Waals surface area contributed by atoms with E-state index < -0.39 is 16.0 Å². The third-order valence-electron chi connectivity index (χ3n) is 4.71. The fourth-order valence-corrected chi connectivity index (χ4v) is 4.61. The molecule has 1 saturated heterocycles. The summed E-state index contributed by atoms with van der Waals surface area (Å²) >= 11 is 0. The van der Waals surface area contributed by atoms with E-state index in [2.05, 4.69) is 5.32 Å². The Hall–Kier alpha value is -2.71. The van der Waals surface area contributed by atoms with E-state index in [-0.39, 0.29) is 23.0 Å². The Bertz CT molecular complexity index is 937. The summed E-state index contributed by atoms with van der Waals surface area (Å²) in [4.78, 5) is 24.1. The summed E-state index contributed by atoms with van der Waals surface area (Å²) < 4.78 is 31.4. The molecule has 0 spiro atoms. The Balaban J connectivity index is 1.46. The Morgan fingerprint density at radius 3 is 2.28 bits per heavy atom. The van der Waals surface area contributed by atoms with Crippen molar-refractivity contribution in [2.75, 3.05) is 26.2 Å². The standard InChI is InChI=1S/C21H24N2O5S/c24-20(22-13-12-17-6-2-1-3-7-17)16-28-21(25)18-8-10-19(11-9-18)29(26,27)23-14-4-5-15-23/h1-3,6-11H,4-5,12-16H2,(H,22,24). The molecular formula is C21H24N2O5S. The van der Waals surface area contributed by atoms with Crippen LogP contribution in [-0.2, 0) is 26.0 Å². The third kappa shape index (κ3) is 5.65. The molecule has 1 heterocycles. The Morgan fingerprint density at radius 2 is 1.62 bits per heavy atom. The minimum atomic E-state index is -3.52. The highest BCUT2D eigenvalue weighted by Gasteiger charge is 2.27. The summed E-state index contributed by atoms with van der Waals surface area (Å²) in [6, 6.07) is 15.3. The first-order chi connectivity index (χ1) is 14.0. The molecule has 3 rings (SSSR count). The van der Waals surface area contributed by atoms with Gasteiger partial charge in [-0.25, -0.2) is 13.2 Å². The number of ether oxygens (including phenoxy) is 1. The number of nitrogens with zero attached hydrogens (tertiary/aromatic N) is 1. The van der Waals surface area contributed by atoms with Gasteiger partial charge in [0.25, 0.3) is 5.91 Å².